The maximum atomic E-state index is 10.6. The number of aliphatic hydroxyl groups excluding tert-OH is 1. The molecule has 0 aliphatic rings. The van der Waals surface area contributed by atoms with Crippen LogP contribution in [0.15, 0.2) is 504 Å². The average molecular weight is 1810 g/mol. The van der Waals surface area contributed by atoms with Gasteiger partial charge >= 0.3 is 0 Å². The summed E-state index contributed by atoms with van der Waals surface area (Å²) < 4.78 is 28.1. The highest BCUT2D eigenvalue weighted by Gasteiger charge is 2.35. The number of rotatable bonds is 27. The predicted octanol–water partition coefficient (Wildman–Crippen LogP) is 31.6. The van der Waals surface area contributed by atoms with Crippen LogP contribution in [0.3, 0.4) is 0 Å². The summed E-state index contributed by atoms with van der Waals surface area (Å²) in [5.41, 5.74) is 20.1. The van der Waals surface area contributed by atoms with Gasteiger partial charge in [0.1, 0.15) is 28.7 Å². The van der Waals surface area contributed by atoms with Gasteiger partial charge in [-0.05, 0) is 313 Å². The van der Waals surface area contributed by atoms with Crippen LogP contribution in [-0.2, 0) is 39.3 Å². The van der Waals surface area contributed by atoms with Gasteiger partial charge in [0.2, 0.25) is 0 Å². The summed E-state index contributed by atoms with van der Waals surface area (Å²) in [7, 11) is 7.59. The zero-order chi connectivity index (χ0) is 89.7. The Kier molecular flexibility index (Phi) is 30.5. The third-order valence-corrected chi connectivity index (χ3v) is 32.1. The van der Waals surface area contributed by atoms with Gasteiger partial charge in [0, 0.05) is 63.8 Å². The highest BCUT2D eigenvalue weighted by molar-refractivity contribution is 8.00. The molecule has 0 heterocycles. The minimum atomic E-state index is -0.475. The molecule has 18 aromatic rings. The van der Waals surface area contributed by atoms with Gasteiger partial charge in [-0.1, -0.05) is 241 Å². The van der Waals surface area contributed by atoms with Gasteiger partial charge in [0.15, 0.2) is 44.1 Å². The third-order valence-electron chi connectivity index (χ3n) is 22.2. The number of hydrogen-bond acceptors (Lipinski definition) is 9. The number of aliphatic hydroxyl groups is 1. The standard InChI is InChI=1S/C40H35O4S2.C40H35S2.C38H31O2S2/c1-42-33-9-4-7-30(23-33)28-13-17-36(18-14-28)45-37-19-22-40(32(25-37)27-41)46(39-12-6-11-35(26-39)44-3)38-20-15-29(16-21-38)31-8-5-10-34(24-31)43-2;1-28-8-5-11-34(24-28)32-14-18-36(19-15-32)41-37-20-23-40(31(4)27-37)42(39-13-7-10-30(3)26-39)38-21-16-33(17-22-38)35-12-6-9-29(2)25-35;1-39-37-26-31(20-24-35(37)28-12-6-3-7-13-28)41-30-18-21-33(22-19-30)42(32-16-10-5-11-17-32)34-23-25-36(38(27-34)40-2)29-14-8-4-9-15-29/h4-26,41H,27H2,1-3H3;5-27H,1-4H3;3-27H,1-2H3/q3*+1. The first-order chi connectivity index (χ1) is 63.7. The number of hydrogen-bond donors (Lipinski definition) is 1. The van der Waals surface area contributed by atoms with E-state index in [1.54, 1.807) is 59.1 Å². The molecule has 18 aromatic carbocycles. The summed E-state index contributed by atoms with van der Waals surface area (Å²) in [6.07, 6.45) is 0. The Hall–Kier alpha value is -13.0. The molecule has 0 aliphatic heterocycles. The zero-order valence-electron chi connectivity index (χ0n) is 74.1. The number of methoxy groups -OCH3 is 5. The Balaban J connectivity index is 0.000000143. The van der Waals surface area contributed by atoms with E-state index in [4.69, 9.17) is 23.7 Å². The van der Waals surface area contributed by atoms with Crippen molar-refractivity contribution < 1.29 is 28.8 Å². The second-order valence-corrected chi connectivity index (χ2v) is 40.6. The van der Waals surface area contributed by atoms with Gasteiger partial charge in [-0.15, -0.1) is 0 Å². The molecule has 18 rings (SSSR count). The van der Waals surface area contributed by atoms with E-state index >= 15 is 0 Å². The molecule has 0 amide bonds. The molecule has 0 fully saturated rings. The molecule has 6 nitrogen and oxygen atoms in total. The molecule has 0 aliphatic carbocycles. The van der Waals surface area contributed by atoms with Crippen LogP contribution in [0.1, 0.15) is 27.8 Å². The lowest BCUT2D eigenvalue weighted by Gasteiger charge is -2.14. The van der Waals surface area contributed by atoms with Gasteiger partial charge in [-0.25, -0.2) is 0 Å². The Morgan fingerprint density at radius 2 is 0.531 bits per heavy atom. The molecule has 0 aromatic heterocycles. The lowest BCUT2D eigenvalue weighted by molar-refractivity contribution is 0.278. The molecule has 12 heteroatoms. The Morgan fingerprint density at radius 1 is 0.215 bits per heavy atom. The molecule has 642 valence electrons. The Bertz CT molecular complexity index is 6820. The summed E-state index contributed by atoms with van der Waals surface area (Å²) in [5, 5.41) is 10.6. The monoisotopic (exact) mass is 1810 g/mol. The van der Waals surface area contributed by atoms with E-state index in [9.17, 15) is 5.11 Å². The molecule has 0 spiro atoms. The van der Waals surface area contributed by atoms with E-state index in [2.05, 4.69) is 398 Å². The first kappa shape index (κ1) is 90.4. The van der Waals surface area contributed by atoms with Crippen LogP contribution in [0.2, 0.25) is 0 Å². The molecule has 0 bridgehead atoms. The Morgan fingerprint density at radius 3 is 0.992 bits per heavy atom. The lowest BCUT2D eigenvalue weighted by Crippen LogP contribution is -2.08. The van der Waals surface area contributed by atoms with Crippen molar-refractivity contribution in [3.05, 3.63) is 459 Å². The van der Waals surface area contributed by atoms with Crippen LogP contribution in [0.25, 0.3) is 66.8 Å². The molecule has 3 unspecified atom stereocenters. The summed E-state index contributed by atoms with van der Waals surface area (Å²) in [4.78, 5) is 18.2. The first-order valence-electron chi connectivity index (χ1n) is 43.0. The highest BCUT2D eigenvalue weighted by atomic mass is 32.2. The van der Waals surface area contributed by atoms with Crippen molar-refractivity contribution in [2.45, 2.75) is 108 Å². The van der Waals surface area contributed by atoms with E-state index in [-0.39, 0.29) is 28.4 Å². The fraction of sp³-hybridized carbons (Fsp3) is 0.0847. The summed E-state index contributed by atoms with van der Waals surface area (Å²) >= 11 is 5.26. The fourth-order valence-corrected chi connectivity index (χ4v) is 24.9. The smallest absolute Gasteiger partial charge is 0.172 e. The molecule has 3 atom stereocenters. The summed E-state index contributed by atoms with van der Waals surface area (Å²) in [6.45, 7) is 8.68. The predicted molar refractivity (Wildman–Crippen MR) is 546 cm³/mol. The van der Waals surface area contributed by atoms with Crippen LogP contribution in [-0.4, -0.2) is 40.7 Å². The maximum absolute atomic E-state index is 10.6. The number of benzene rings is 18. The van der Waals surface area contributed by atoms with Gasteiger partial charge in [0.25, 0.3) is 0 Å². The molecule has 1 N–H and O–H groups in total. The summed E-state index contributed by atoms with van der Waals surface area (Å²) in [6, 6.07) is 153. The molecule has 0 radical (unpaired) electrons. The van der Waals surface area contributed by atoms with Crippen molar-refractivity contribution >= 4 is 68.0 Å². The minimum Gasteiger partial charge on any atom is -0.497 e. The molecule has 0 saturated heterocycles. The van der Waals surface area contributed by atoms with Gasteiger partial charge in [0.05, 0.1) is 74.8 Å². The normalized spacial score (nSPS) is 11.6. The summed E-state index contributed by atoms with van der Waals surface area (Å²) in [5.74, 6) is 4.23. The van der Waals surface area contributed by atoms with Crippen LogP contribution in [0, 0.1) is 27.7 Å². The second-order valence-electron chi connectivity index (χ2n) is 31.1. The SMILES string of the molecule is COc1cc(Sc2ccc([S+](c3ccccc3)c3ccc(-c4ccccc4)c(OC)c3)cc2)ccc1-c1ccccc1.COc1cccc(-c2ccc(Sc3ccc([S+](c4ccc(-c5cccc(OC)c5)cc4)c4cccc(OC)c4)c(CO)c3)cc2)c1.Cc1cccc(-c2ccc(Sc3ccc([S+](c4ccc(-c5cccc(C)c5)cc4)c4cccc(C)c4)c(C)c3)cc2)c1. The van der Waals surface area contributed by atoms with Crippen LogP contribution >= 0.6 is 35.3 Å². The van der Waals surface area contributed by atoms with Crippen molar-refractivity contribution in [1.82, 2.24) is 0 Å². The fourth-order valence-electron chi connectivity index (χ4n) is 15.6. The average Bonchev–Trinajstić information content (AvgIpc) is 0.791. The van der Waals surface area contributed by atoms with E-state index in [0.717, 1.165) is 108 Å². The zero-order valence-corrected chi connectivity index (χ0v) is 79.0. The van der Waals surface area contributed by atoms with Gasteiger partial charge in [-0.2, -0.15) is 0 Å². The minimum absolute atomic E-state index is 0.0616. The third kappa shape index (κ3) is 22.6. The van der Waals surface area contributed by atoms with Crippen molar-refractivity contribution in [3.8, 4) is 95.5 Å². The largest absolute Gasteiger partial charge is 0.497 e. The second kappa shape index (κ2) is 43.9. The van der Waals surface area contributed by atoms with E-state index in [1.807, 2.05) is 72.4 Å². The maximum Gasteiger partial charge on any atom is 0.172 e. The van der Waals surface area contributed by atoms with Crippen LogP contribution in [0.4, 0.5) is 0 Å². The quantitative estimate of drug-likeness (QED) is 0.0507. The molecular weight excluding hydrogens is 1710 g/mol. The van der Waals surface area contributed by atoms with Crippen molar-refractivity contribution in [3.63, 3.8) is 0 Å². The van der Waals surface area contributed by atoms with Crippen LogP contribution in [0.5, 0.6) is 28.7 Å². The molecular formula is C118H101O6S6+3. The number of aryl methyl sites for hydroxylation is 4. The Labute approximate surface area is 787 Å². The van der Waals surface area contributed by atoms with Gasteiger partial charge in [-0.3, -0.25) is 0 Å². The molecule has 0 saturated carbocycles. The van der Waals surface area contributed by atoms with E-state index in [0.29, 0.717) is 0 Å². The highest BCUT2D eigenvalue weighted by Crippen LogP contribution is 2.45. The van der Waals surface area contributed by atoms with E-state index < -0.39 is 10.9 Å². The molecule has 130 heavy (non-hydrogen) atoms. The van der Waals surface area contributed by atoms with Crippen molar-refractivity contribution in [1.29, 1.82) is 0 Å². The first-order valence-corrected chi connectivity index (χ1v) is 49.1. The van der Waals surface area contributed by atoms with Crippen molar-refractivity contribution in [2.24, 2.45) is 0 Å². The number of ether oxygens (including phenoxy) is 5. The topological polar surface area (TPSA) is 66.4 Å². The van der Waals surface area contributed by atoms with Gasteiger partial charge < -0.3 is 28.8 Å². The van der Waals surface area contributed by atoms with Crippen LogP contribution < -0.4 is 23.7 Å². The van der Waals surface area contributed by atoms with Crippen molar-refractivity contribution in [2.75, 3.05) is 35.5 Å². The van der Waals surface area contributed by atoms with E-state index in [1.165, 1.54) is 88.6 Å². The lowest BCUT2D eigenvalue weighted by atomic mass is 10.0.